The van der Waals surface area contributed by atoms with Gasteiger partial charge in [-0.1, -0.05) is 42.1 Å². The van der Waals surface area contributed by atoms with Crippen LogP contribution >= 0.6 is 11.8 Å². The molecule has 6 nitrogen and oxygen atoms in total. The van der Waals surface area contributed by atoms with Gasteiger partial charge in [-0.2, -0.15) is 5.26 Å². The molecule has 0 saturated carbocycles. The van der Waals surface area contributed by atoms with Gasteiger partial charge in [-0.05, 0) is 44.7 Å². The van der Waals surface area contributed by atoms with E-state index in [0.29, 0.717) is 10.7 Å². The maximum Gasteiger partial charge on any atom is 0.340 e. The molecule has 1 saturated heterocycles. The number of nitriles is 1. The van der Waals surface area contributed by atoms with E-state index in [-0.39, 0.29) is 23.6 Å². The highest BCUT2D eigenvalue weighted by Crippen LogP contribution is 2.38. The number of pyridine rings is 1. The van der Waals surface area contributed by atoms with Crippen LogP contribution in [0.25, 0.3) is 0 Å². The first-order valence-corrected chi connectivity index (χ1v) is 11.0. The number of hydrogen-bond acceptors (Lipinski definition) is 6. The van der Waals surface area contributed by atoms with Gasteiger partial charge in [0.25, 0.3) is 0 Å². The Morgan fingerprint density at radius 2 is 1.93 bits per heavy atom. The number of esters is 1. The van der Waals surface area contributed by atoms with E-state index in [4.69, 9.17) is 4.74 Å². The number of amides is 1. The number of benzene rings is 1. The molecule has 0 bridgehead atoms. The van der Waals surface area contributed by atoms with Crippen molar-refractivity contribution in [2.45, 2.75) is 43.4 Å². The summed E-state index contributed by atoms with van der Waals surface area (Å²) in [6.07, 6.45) is 3.15. The second-order valence-corrected chi connectivity index (χ2v) is 8.19. The topological polar surface area (TPSA) is 83.3 Å². The molecule has 0 radical (unpaired) electrons. The predicted octanol–water partition coefficient (Wildman–Crippen LogP) is 4.28. The number of aryl methyl sites for hydroxylation is 1. The Kier molecular flexibility index (Phi) is 7.47. The Morgan fingerprint density at radius 1 is 1.23 bits per heavy atom. The number of thioether (sulfide) groups is 1. The summed E-state index contributed by atoms with van der Waals surface area (Å²) in [5, 5.41) is 9.61. The van der Waals surface area contributed by atoms with Crippen molar-refractivity contribution in [3.8, 4) is 6.07 Å². The minimum absolute atomic E-state index is 0.0312. The van der Waals surface area contributed by atoms with E-state index >= 15 is 0 Å². The maximum absolute atomic E-state index is 13.4. The van der Waals surface area contributed by atoms with Gasteiger partial charge in [0.05, 0.1) is 23.4 Å². The summed E-state index contributed by atoms with van der Waals surface area (Å²) >= 11 is 1.27. The van der Waals surface area contributed by atoms with Crippen molar-refractivity contribution in [3.05, 3.63) is 58.8 Å². The highest BCUT2D eigenvalue weighted by molar-refractivity contribution is 8.00. The van der Waals surface area contributed by atoms with E-state index in [9.17, 15) is 14.9 Å². The van der Waals surface area contributed by atoms with E-state index in [0.717, 1.165) is 37.9 Å². The second-order valence-electron chi connectivity index (χ2n) is 7.10. The summed E-state index contributed by atoms with van der Waals surface area (Å²) in [6.45, 7) is 5.19. The fourth-order valence-corrected chi connectivity index (χ4v) is 4.64. The van der Waals surface area contributed by atoms with Crippen molar-refractivity contribution < 1.29 is 14.3 Å². The number of likely N-dealkylation sites (tertiary alicyclic amines) is 1. The predicted molar refractivity (Wildman–Crippen MR) is 115 cm³/mol. The standard InChI is InChI=1S/C23H25N3O3S/c1-3-29-23(28)19-14-18(15-24)21(25-16(19)2)30-20(17-10-6-4-7-11-17)22(27)26-12-8-5-9-13-26/h4,6-7,10-11,14,20H,3,5,8-9,12-13H2,1-2H3. The summed E-state index contributed by atoms with van der Waals surface area (Å²) in [5.41, 5.74) is 1.89. The van der Waals surface area contributed by atoms with Gasteiger partial charge in [-0.3, -0.25) is 4.79 Å². The molecular formula is C23H25N3O3S. The Morgan fingerprint density at radius 3 is 2.57 bits per heavy atom. The Hall–Kier alpha value is -2.85. The number of nitrogens with zero attached hydrogens (tertiary/aromatic N) is 3. The van der Waals surface area contributed by atoms with Crippen LogP contribution in [0.15, 0.2) is 41.4 Å². The lowest BCUT2D eigenvalue weighted by atomic mass is 10.1. The molecule has 156 valence electrons. The van der Waals surface area contributed by atoms with Gasteiger partial charge in [0.2, 0.25) is 5.91 Å². The summed E-state index contributed by atoms with van der Waals surface area (Å²) < 4.78 is 5.06. The molecule has 0 spiro atoms. The molecule has 2 heterocycles. The number of piperidine rings is 1. The van der Waals surface area contributed by atoms with Gasteiger partial charge in [-0.25, -0.2) is 9.78 Å². The fraction of sp³-hybridized carbons (Fsp3) is 0.391. The Bertz CT molecular complexity index is 950. The third-order valence-corrected chi connectivity index (χ3v) is 6.26. The molecule has 1 atom stereocenters. The van der Waals surface area contributed by atoms with Crippen LogP contribution in [0.3, 0.4) is 0 Å². The number of aromatic nitrogens is 1. The average Bonchev–Trinajstić information content (AvgIpc) is 2.78. The highest BCUT2D eigenvalue weighted by Gasteiger charge is 2.30. The van der Waals surface area contributed by atoms with Gasteiger partial charge in [0, 0.05) is 13.1 Å². The normalized spacial score (nSPS) is 14.6. The van der Waals surface area contributed by atoms with Crippen LogP contribution in [0.4, 0.5) is 0 Å². The summed E-state index contributed by atoms with van der Waals surface area (Å²) in [5.74, 6) is -0.469. The summed E-state index contributed by atoms with van der Waals surface area (Å²) in [7, 11) is 0. The van der Waals surface area contributed by atoms with Gasteiger partial charge in [0.15, 0.2) is 0 Å². The van der Waals surface area contributed by atoms with Crippen LogP contribution in [-0.2, 0) is 9.53 Å². The van der Waals surface area contributed by atoms with Crippen LogP contribution in [-0.4, -0.2) is 41.5 Å². The van der Waals surface area contributed by atoms with Crippen molar-refractivity contribution >= 4 is 23.6 Å². The van der Waals surface area contributed by atoms with E-state index in [1.165, 1.54) is 17.8 Å². The van der Waals surface area contributed by atoms with Gasteiger partial charge in [0.1, 0.15) is 16.3 Å². The van der Waals surface area contributed by atoms with Crippen LogP contribution in [0.1, 0.15) is 58.6 Å². The first kappa shape index (κ1) is 21.8. The minimum atomic E-state index is -0.503. The Labute approximate surface area is 181 Å². The first-order valence-electron chi connectivity index (χ1n) is 10.1. The number of hydrogen-bond donors (Lipinski definition) is 0. The number of rotatable bonds is 6. The van der Waals surface area contributed by atoms with Gasteiger partial charge < -0.3 is 9.64 Å². The molecule has 30 heavy (non-hydrogen) atoms. The summed E-state index contributed by atoms with van der Waals surface area (Å²) in [6, 6.07) is 13.2. The van der Waals surface area contributed by atoms with Crippen molar-refractivity contribution in [1.29, 1.82) is 5.26 Å². The Balaban J connectivity index is 1.96. The van der Waals surface area contributed by atoms with Crippen LogP contribution in [0.2, 0.25) is 0 Å². The first-order chi connectivity index (χ1) is 14.5. The molecule has 0 aliphatic carbocycles. The van der Waals surface area contributed by atoms with Gasteiger partial charge >= 0.3 is 5.97 Å². The lowest BCUT2D eigenvalue weighted by molar-refractivity contribution is -0.131. The number of carbonyl (C=O) groups is 2. The van der Waals surface area contributed by atoms with E-state index < -0.39 is 11.2 Å². The van der Waals surface area contributed by atoms with Crippen molar-refractivity contribution in [2.24, 2.45) is 0 Å². The third-order valence-electron chi connectivity index (χ3n) is 5.02. The smallest absolute Gasteiger partial charge is 0.340 e. The molecular weight excluding hydrogens is 398 g/mol. The number of carbonyl (C=O) groups excluding carboxylic acids is 2. The molecule has 1 aliphatic rings. The third kappa shape index (κ3) is 5.00. The largest absolute Gasteiger partial charge is 0.462 e. The lowest BCUT2D eigenvalue weighted by Gasteiger charge is -2.30. The zero-order chi connectivity index (χ0) is 21.5. The lowest BCUT2D eigenvalue weighted by Crippen LogP contribution is -2.38. The SMILES string of the molecule is CCOC(=O)c1cc(C#N)c(SC(C(=O)N2CCCCC2)c2ccccc2)nc1C. The zero-order valence-corrected chi connectivity index (χ0v) is 18.1. The fourth-order valence-electron chi connectivity index (χ4n) is 3.45. The number of ether oxygens (including phenoxy) is 1. The molecule has 7 heteroatoms. The minimum Gasteiger partial charge on any atom is -0.462 e. The maximum atomic E-state index is 13.4. The summed E-state index contributed by atoms with van der Waals surface area (Å²) in [4.78, 5) is 31.9. The van der Waals surface area contributed by atoms with Crippen molar-refractivity contribution in [1.82, 2.24) is 9.88 Å². The molecule has 3 rings (SSSR count). The van der Waals surface area contributed by atoms with Crippen molar-refractivity contribution in [3.63, 3.8) is 0 Å². The zero-order valence-electron chi connectivity index (χ0n) is 17.3. The molecule has 1 aromatic heterocycles. The molecule has 1 amide bonds. The van der Waals surface area contributed by atoms with Crippen molar-refractivity contribution in [2.75, 3.05) is 19.7 Å². The van der Waals surface area contributed by atoms with E-state index in [1.54, 1.807) is 13.8 Å². The van der Waals surface area contributed by atoms with Crippen LogP contribution < -0.4 is 0 Å². The molecule has 1 aliphatic heterocycles. The molecule has 2 aromatic rings. The van der Waals surface area contributed by atoms with Gasteiger partial charge in [-0.15, -0.1) is 0 Å². The van der Waals surface area contributed by atoms with E-state index in [2.05, 4.69) is 11.1 Å². The van der Waals surface area contributed by atoms with E-state index in [1.807, 2.05) is 35.2 Å². The van der Waals surface area contributed by atoms with Crippen LogP contribution in [0.5, 0.6) is 0 Å². The average molecular weight is 424 g/mol. The second kappa shape index (κ2) is 10.3. The molecule has 1 aromatic carbocycles. The molecule has 0 N–H and O–H groups in total. The monoisotopic (exact) mass is 423 g/mol. The van der Waals surface area contributed by atoms with Crippen LogP contribution in [0, 0.1) is 18.3 Å². The molecule has 1 unspecified atom stereocenters. The molecule has 1 fully saturated rings. The highest BCUT2D eigenvalue weighted by atomic mass is 32.2. The quantitative estimate of drug-likeness (QED) is 0.509.